The van der Waals surface area contributed by atoms with Crippen LogP contribution in [0.1, 0.15) is 27.2 Å². The van der Waals surface area contributed by atoms with Crippen molar-refractivity contribution in [2.75, 3.05) is 0 Å². The summed E-state index contributed by atoms with van der Waals surface area (Å²) in [5, 5.41) is 0. The Morgan fingerprint density at radius 3 is 2.41 bits per heavy atom. The first kappa shape index (κ1) is 17.7. The highest BCUT2D eigenvalue weighted by atomic mass is 16.6. The zero-order chi connectivity index (χ0) is 19.6. The number of hydrogen-bond donors (Lipinski definition) is 0. The van der Waals surface area contributed by atoms with Gasteiger partial charge in [-0.05, 0) is 20.3 Å². The van der Waals surface area contributed by atoms with Crippen molar-refractivity contribution in [3.05, 3.63) is 11.3 Å². The van der Waals surface area contributed by atoms with Gasteiger partial charge in [0.05, 0.1) is 11.8 Å². The summed E-state index contributed by atoms with van der Waals surface area (Å²) in [4.78, 5) is 59.9. The van der Waals surface area contributed by atoms with Gasteiger partial charge in [0.15, 0.2) is 0 Å². The van der Waals surface area contributed by atoms with E-state index in [1.165, 1.54) is 0 Å². The number of fused-ring (bicyclic) bond motifs is 1. The topological polar surface area (TPSA) is 122 Å². The van der Waals surface area contributed by atoms with Crippen LogP contribution in [-0.4, -0.2) is 48.0 Å². The Balaban J connectivity index is 1.58. The second kappa shape index (κ2) is 5.90. The van der Waals surface area contributed by atoms with Gasteiger partial charge < -0.3 is 18.9 Å². The van der Waals surface area contributed by atoms with Gasteiger partial charge in [0.1, 0.15) is 18.3 Å². The van der Waals surface area contributed by atoms with Gasteiger partial charge in [0.2, 0.25) is 11.5 Å². The van der Waals surface area contributed by atoms with Crippen LogP contribution in [0.3, 0.4) is 0 Å². The molecule has 9 nitrogen and oxygen atoms in total. The first-order chi connectivity index (χ1) is 12.7. The predicted octanol–water partition coefficient (Wildman–Crippen LogP) is 0.0572. The van der Waals surface area contributed by atoms with Gasteiger partial charge in [-0.3, -0.25) is 14.4 Å². The number of esters is 4. The van der Waals surface area contributed by atoms with E-state index in [0.29, 0.717) is 12.0 Å². The summed E-state index contributed by atoms with van der Waals surface area (Å²) in [6.07, 6.45) is -1.59. The van der Waals surface area contributed by atoms with Crippen molar-refractivity contribution >= 4 is 29.7 Å². The monoisotopic (exact) mass is 378 g/mol. The number of hydrogen-bond acceptors (Lipinski definition) is 9. The summed E-state index contributed by atoms with van der Waals surface area (Å²) in [5.74, 6) is -6.42. The van der Waals surface area contributed by atoms with Crippen molar-refractivity contribution in [1.82, 2.24) is 0 Å². The van der Waals surface area contributed by atoms with Crippen molar-refractivity contribution in [3.8, 4) is 0 Å². The van der Waals surface area contributed by atoms with Crippen LogP contribution in [0.2, 0.25) is 0 Å². The maximum absolute atomic E-state index is 12.8. The third-order valence-electron chi connectivity index (χ3n) is 5.99. The van der Waals surface area contributed by atoms with E-state index >= 15 is 0 Å². The maximum Gasteiger partial charge on any atom is 0.375 e. The van der Waals surface area contributed by atoms with Crippen LogP contribution in [0.5, 0.6) is 0 Å². The molecule has 144 valence electrons. The molecule has 0 amide bonds. The number of cyclic esters (lactones) is 1. The fraction of sp³-hybridized carbons (Fsp3) is 0.611. The molecule has 7 unspecified atom stereocenters. The molecule has 3 fully saturated rings. The zero-order valence-electron chi connectivity index (χ0n) is 14.9. The van der Waals surface area contributed by atoms with E-state index in [1.54, 1.807) is 13.8 Å². The fourth-order valence-corrected chi connectivity index (χ4v) is 4.61. The molecule has 2 saturated carbocycles. The molecule has 2 aliphatic carbocycles. The molecular weight excluding hydrogens is 360 g/mol. The van der Waals surface area contributed by atoms with E-state index < -0.39 is 65.7 Å². The van der Waals surface area contributed by atoms with Crippen LogP contribution in [-0.2, 0) is 42.9 Å². The van der Waals surface area contributed by atoms with Crippen LogP contribution < -0.4 is 0 Å². The normalized spacial score (nSPS) is 38.7. The lowest BCUT2D eigenvalue weighted by molar-refractivity contribution is -0.168. The largest absolute Gasteiger partial charge is 0.458 e. The van der Waals surface area contributed by atoms with Crippen LogP contribution in [0.4, 0.5) is 0 Å². The number of ether oxygens (including phenoxy) is 4. The summed E-state index contributed by atoms with van der Waals surface area (Å²) in [6.45, 7) is 4.35. The van der Waals surface area contributed by atoms with E-state index in [4.69, 9.17) is 18.9 Å². The second-order valence-corrected chi connectivity index (χ2v) is 7.42. The molecule has 0 N–H and O–H groups in total. The molecule has 0 aromatic carbocycles. The molecule has 0 aromatic rings. The minimum atomic E-state index is -1.04. The molecular formula is C18H18O9. The second-order valence-electron chi connectivity index (χ2n) is 7.42. The Labute approximate surface area is 153 Å². The maximum atomic E-state index is 12.8. The van der Waals surface area contributed by atoms with Crippen molar-refractivity contribution in [2.24, 2.45) is 23.7 Å². The number of carbonyl (C=O) groups is 5. The summed E-state index contributed by atoms with van der Waals surface area (Å²) in [7, 11) is 0. The van der Waals surface area contributed by atoms with Crippen molar-refractivity contribution in [3.63, 3.8) is 0 Å². The Morgan fingerprint density at radius 2 is 1.81 bits per heavy atom. The van der Waals surface area contributed by atoms with Crippen molar-refractivity contribution < 1.29 is 42.9 Å². The van der Waals surface area contributed by atoms with E-state index in [9.17, 15) is 24.0 Å². The summed E-state index contributed by atoms with van der Waals surface area (Å²) < 4.78 is 20.8. The molecule has 4 rings (SSSR count). The van der Waals surface area contributed by atoms with Crippen LogP contribution >= 0.6 is 0 Å². The van der Waals surface area contributed by atoms with Gasteiger partial charge in [-0.1, -0.05) is 0 Å². The minimum Gasteiger partial charge on any atom is -0.458 e. The number of Topliss-reactive ketones (excluding diaryl/α,β-unsaturated/α-hetero) is 1. The van der Waals surface area contributed by atoms with Crippen LogP contribution in [0, 0.1) is 23.7 Å². The van der Waals surface area contributed by atoms with Gasteiger partial charge >= 0.3 is 23.9 Å². The number of rotatable bonds is 4. The molecule has 2 bridgehead atoms. The third-order valence-corrected chi connectivity index (χ3v) is 5.99. The van der Waals surface area contributed by atoms with E-state index in [1.807, 2.05) is 0 Å². The average Bonchev–Trinajstić information content (AvgIpc) is 3.26. The van der Waals surface area contributed by atoms with Gasteiger partial charge in [-0.25, -0.2) is 9.59 Å². The third kappa shape index (κ3) is 2.48. The Hall–Kier alpha value is -2.71. The van der Waals surface area contributed by atoms with Gasteiger partial charge in [0, 0.05) is 24.3 Å². The Morgan fingerprint density at radius 1 is 1.11 bits per heavy atom. The molecule has 27 heavy (non-hydrogen) atoms. The molecule has 1 saturated heterocycles. The molecule has 7 atom stereocenters. The molecule has 0 radical (unpaired) electrons. The summed E-state index contributed by atoms with van der Waals surface area (Å²) in [6, 6.07) is 0. The Kier molecular flexibility index (Phi) is 3.87. The number of carbonyl (C=O) groups excluding carboxylic acids is 5. The first-order valence-corrected chi connectivity index (χ1v) is 8.76. The highest BCUT2D eigenvalue weighted by Gasteiger charge is 2.70. The molecule has 4 aliphatic rings. The van der Waals surface area contributed by atoms with E-state index in [2.05, 4.69) is 0 Å². The van der Waals surface area contributed by atoms with Crippen molar-refractivity contribution in [2.45, 2.75) is 45.5 Å². The predicted molar refractivity (Wildman–Crippen MR) is 83.4 cm³/mol. The van der Waals surface area contributed by atoms with Crippen LogP contribution in [0.15, 0.2) is 11.3 Å². The smallest absolute Gasteiger partial charge is 0.375 e. The van der Waals surface area contributed by atoms with Gasteiger partial charge in [-0.15, -0.1) is 0 Å². The van der Waals surface area contributed by atoms with Gasteiger partial charge in [0.25, 0.3) is 0 Å². The first-order valence-electron chi connectivity index (χ1n) is 8.76. The lowest BCUT2D eigenvalue weighted by atomic mass is 9.78. The summed E-state index contributed by atoms with van der Waals surface area (Å²) in [5.41, 5.74) is 0.489. The quantitative estimate of drug-likeness (QED) is 0.379. The summed E-state index contributed by atoms with van der Waals surface area (Å²) >= 11 is 0. The lowest BCUT2D eigenvalue weighted by Gasteiger charge is -2.29. The molecule has 9 heteroatoms. The number of ketones is 1. The highest BCUT2D eigenvalue weighted by molar-refractivity contribution is 6.32. The SMILES string of the molecule is CC(=O)C(=O)OC1C2CC3C1OC(=O)C3C2C(=O)OC1=C(C)C(C)OC1=O. The highest BCUT2D eigenvalue weighted by Crippen LogP contribution is 2.59. The fourth-order valence-electron chi connectivity index (χ4n) is 4.61. The zero-order valence-corrected chi connectivity index (χ0v) is 14.9. The molecule has 0 aromatic heterocycles. The molecule has 2 aliphatic heterocycles. The van der Waals surface area contributed by atoms with Gasteiger partial charge in [-0.2, -0.15) is 0 Å². The van der Waals surface area contributed by atoms with E-state index in [0.717, 1.165) is 6.92 Å². The molecule has 0 spiro atoms. The standard InChI is InChI=1S/C18H18O9/c1-5-7(3)24-18(23)12(5)25-16(21)10-8-4-9-11(10)17(22)27-14(9)13(8)26-15(20)6(2)19/h7-11,13-14H,4H2,1-3H3. The lowest BCUT2D eigenvalue weighted by Crippen LogP contribution is -2.44. The average molecular weight is 378 g/mol. The Bertz CT molecular complexity index is 810. The minimum absolute atomic E-state index is 0.171. The van der Waals surface area contributed by atoms with Crippen molar-refractivity contribution in [1.29, 1.82) is 0 Å². The molecule has 2 heterocycles. The van der Waals surface area contributed by atoms with E-state index in [-0.39, 0.29) is 11.7 Å². The van der Waals surface area contributed by atoms with Crippen LogP contribution in [0.25, 0.3) is 0 Å².